The molecule has 1 rings (SSSR count). The van der Waals surface area contributed by atoms with Crippen LogP contribution in [0.15, 0.2) is 30.3 Å². The molecular formula is C9H8N2O4. The van der Waals surface area contributed by atoms with Crippen LogP contribution in [-0.4, -0.2) is 33.9 Å². The Morgan fingerprint density at radius 3 is 2.53 bits per heavy atom. The van der Waals surface area contributed by atoms with E-state index in [0.717, 1.165) is 7.11 Å². The Morgan fingerprint density at radius 2 is 2.00 bits per heavy atom. The summed E-state index contributed by atoms with van der Waals surface area (Å²) in [6.45, 7) is 0. The van der Waals surface area contributed by atoms with Crippen LogP contribution < -0.4 is 0 Å². The Hall–Kier alpha value is -2.24. The fourth-order valence-electron chi connectivity index (χ4n) is 0.779. The van der Waals surface area contributed by atoms with Gasteiger partial charge in [0.05, 0.1) is 7.11 Å². The number of aromatic nitrogens is 2. The molecule has 0 spiro atoms. The molecular weight excluding hydrogens is 200 g/mol. The van der Waals surface area contributed by atoms with E-state index < -0.39 is 17.5 Å². The van der Waals surface area contributed by atoms with E-state index in [-0.39, 0.29) is 5.82 Å². The zero-order valence-electron chi connectivity index (χ0n) is 7.88. The average molecular weight is 208 g/mol. The van der Waals surface area contributed by atoms with Gasteiger partial charge in [-0.15, -0.1) is 0 Å². The highest BCUT2D eigenvalue weighted by Crippen LogP contribution is 1.97. The number of esters is 1. The lowest BCUT2D eigenvalue weighted by Gasteiger charge is -1.96. The van der Waals surface area contributed by atoms with Gasteiger partial charge in [0.2, 0.25) is 17.4 Å². The quantitative estimate of drug-likeness (QED) is 0.332. The Labute approximate surface area is 85.2 Å². The third kappa shape index (κ3) is 2.87. The number of hydrogen-bond donors (Lipinski definition) is 1. The van der Waals surface area contributed by atoms with Crippen LogP contribution in [0, 0.1) is 0 Å². The summed E-state index contributed by atoms with van der Waals surface area (Å²) in [6, 6.07) is 1.54. The number of ketones is 1. The zero-order valence-corrected chi connectivity index (χ0v) is 7.88. The number of aliphatic hydroxyl groups is 1. The molecule has 1 heterocycles. The lowest BCUT2D eigenvalue weighted by molar-refractivity contribution is -0.139. The highest BCUT2D eigenvalue weighted by Gasteiger charge is 2.12. The number of hydrogen-bond acceptors (Lipinski definition) is 6. The lowest BCUT2D eigenvalue weighted by Crippen LogP contribution is -2.08. The van der Waals surface area contributed by atoms with Gasteiger partial charge < -0.3 is 9.84 Å². The SMILES string of the molecule is COC(=O)C(O)=CC(=O)c1ncccn1. The maximum atomic E-state index is 11.3. The van der Waals surface area contributed by atoms with Crippen molar-refractivity contribution in [1.82, 2.24) is 9.97 Å². The molecule has 6 nitrogen and oxygen atoms in total. The van der Waals surface area contributed by atoms with Gasteiger partial charge in [-0.25, -0.2) is 14.8 Å². The Bertz CT molecular complexity index is 400. The molecule has 0 fully saturated rings. The number of ether oxygens (including phenoxy) is 1. The van der Waals surface area contributed by atoms with E-state index in [2.05, 4.69) is 14.7 Å². The van der Waals surface area contributed by atoms with E-state index in [1.165, 1.54) is 12.4 Å². The fraction of sp³-hybridized carbons (Fsp3) is 0.111. The molecule has 0 aliphatic carbocycles. The van der Waals surface area contributed by atoms with Gasteiger partial charge >= 0.3 is 5.97 Å². The molecule has 0 aliphatic heterocycles. The fourth-order valence-corrected chi connectivity index (χ4v) is 0.779. The average Bonchev–Trinajstić information content (AvgIpc) is 2.29. The van der Waals surface area contributed by atoms with E-state index in [0.29, 0.717) is 6.08 Å². The minimum atomic E-state index is -0.987. The first-order valence-electron chi connectivity index (χ1n) is 3.95. The number of aliphatic hydroxyl groups excluding tert-OH is 1. The van der Waals surface area contributed by atoms with Crippen molar-refractivity contribution in [3.8, 4) is 0 Å². The van der Waals surface area contributed by atoms with Crippen LogP contribution in [0.1, 0.15) is 10.6 Å². The molecule has 0 aromatic carbocycles. The van der Waals surface area contributed by atoms with E-state index in [1.807, 2.05) is 0 Å². The smallest absolute Gasteiger partial charge is 0.373 e. The highest BCUT2D eigenvalue weighted by molar-refractivity contribution is 6.05. The first-order chi connectivity index (χ1) is 7.15. The van der Waals surface area contributed by atoms with Crippen molar-refractivity contribution in [3.05, 3.63) is 36.1 Å². The van der Waals surface area contributed by atoms with Crippen LogP contribution in [0.25, 0.3) is 0 Å². The summed E-state index contributed by atoms with van der Waals surface area (Å²) >= 11 is 0. The minimum absolute atomic E-state index is 0.104. The van der Waals surface area contributed by atoms with E-state index in [1.54, 1.807) is 6.07 Å². The number of methoxy groups -OCH3 is 1. The number of carbonyl (C=O) groups excluding carboxylic acids is 2. The summed E-state index contributed by atoms with van der Waals surface area (Å²) in [5.74, 6) is -2.54. The van der Waals surface area contributed by atoms with E-state index in [9.17, 15) is 9.59 Å². The highest BCUT2D eigenvalue weighted by atomic mass is 16.5. The summed E-state index contributed by atoms with van der Waals surface area (Å²) in [4.78, 5) is 29.3. The molecule has 1 N–H and O–H groups in total. The van der Waals surface area contributed by atoms with Gasteiger partial charge in [-0.2, -0.15) is 0 Å². The molecule has 15 heavy (non-hydrogen) atoms. The van der Waals surface area contributed by atoms with Crippen LogP contribution in [-0.2, 0) is 9.53 Å². The second kappa shape index (κ2) is 4.85. The molecule has 0 aliphatic rings. The van der Waals surface area contributed by atoms with Gasteiger partial charge in [0.25, 0.3) is 0 Å². The summed E-state index contributed by atoms with van der Waals surface area (Å²) in [7, 11) is 1.09. The normalized spacial score (nSPS) is 10.9. The number of nitrogens with zero attached hydrogens (tertiary/aromatic N) is 2. The maximum absolute atomic E-state index is 11.3. The van der Waals surface area contributed by atoms with Crippen molar-refractivity contribution in [2.24, 2.45) is 0 Å². The molecule has 0 atom stereocenters. The molecule has 78 valence electrons. The standard InChI is InChI=1S/C9H8N2O4/c1-15-9(14)7(13)5-6(12)8-10-3-2-4-11-8/h2-5,13H,1H3. The molecule has 1 aromatic heterocycles. The zero-order chi connectivity index (χ0) is 11.3. The molecule has 6 heteroatoms. The van der Waals surface area contributed by atoms with Crippen molar-refractivity contribution in [2.45, 2.75) is 0 Å². The molecule has 0 saturated heterocycles. The Morgan fingerprint density at radius 1 is 1.40 bits per heavy atom. The molecule has 0 unspecified atom stereocenters. The predicted octanol–water partition coefficient (Wildman–Crippen LogP) is 0.274. The van der Waals surface area contributed by atoms with Gasteiger partial charge in [-0.1, -0.05) is 0 Å². The molecule has 0 amide bonds. The Kier molecular flexibility index (Phi) is 3.50. The molecule has 0 radical (unpaired) electrons. The van der Waals surface area contributed by atoms with Crippen molar-refractivity contribution in [3.63, 3.8) is 0 Å². The van der Waals surface area contributed by atoms with Crippen molar-refractivity contribution in [2.75, 3.05) is 7.11 Å². The van der Waals surface area contributed by atoms with Gasteiger partial charge in [-0.05, 0) is 6.07 Å². The Balaban J connectivity index is 2.84. The summed E-state index contributed by atoms with van der Waals surface area (Å²) in [5, 5.41) is 9.06. The summed E-state index contributed by atoms with van der Waals surface area (Å²) in [6.07, 6.45) is 3.47. The maximum Gasteiger partial charge on any atom is 0.373 e. The van der Waals surface area contributed by atoms with Crippen LogP contribution in [0.4, 0.5) is 0 Å². The van der Waals surface area contributed by atoms with Crippen LogP contribution in [0.5, 0.6) is 0 Å². The van der Waals surface area contributed by atoms with E-state index in [4.69, 9.17) is 5.11 Å². The topological polar surface area (TPSA) is 89.4 Å². The number of carbonyl (C=O) groups is 2. The second-order valence-corrected chi connectivity index (χ2v) is 2.46. The first-order valence-corrected chi connectivity index (χ1v) is 3.95. The van der Waals surface area contributed by atoms with Gasteiger partial charge in [0, 0.05) is 18.5 Å². The third-order valence-electron chi connectivity index (χ3n) is 1.45. The van der Waals surface area contributed by atoms with Crippen LogP contribution in [0.3, 0.4) is 0 Å². The van der Waals surface area contributed by atoms with Crippen LogP contribution in [0.2, 0.25) is 0 Å². The van der Waals surface area contributed by atoms with Gasteiger partial charge in [-0.3, -0.25) is 4.79 Å². The van der Waals surface area contributed by atoms with Crippen molar-refractivity contribution >= 4 is 11.8 Å². The van der Waals surface area contributed by atoms with Crippen LogP contribution >= 0.6 is 0 Å². The molecule has 0 saturated carbocycles. The minimum Gasteiger partial charge on any atom is -0.502 e. The van der Waals surface area contributed by atoms with Crippen molar-refractivity contribution < 1.29 is 19.4 Å². The lowest BCUT2D eigenvalue weighted by atomic mass is 10.3. The summed E-state index contributed by atoms with van der Waals surface area (Å²) in [5.41, 5.74) is 0. The number of allylic oxidation sites excluding steroid dienone is 1. The van der Waals surface area contributed by atoms with Crippen molar-refractivity contribution in [1.29, 1.82) is 0 Å². The molecule has 0 bridgehead atoms. The largest absolute Gasteiger partial charge is 0.502 e. The predicted molar refractivity (Wildman–Crippen MR) is 49.1 cm³/mol. The van der Waals surface area contributed by atoms with Gasteiger partial charge in [0.15, 0.2) is 0 Å². The summed E-state index contributed by atoms with van der Waals surface area (Å²) < 4.78 is 4.20. The third-order valence-corrected chi connectivity index (χ3v) is 1.45. The monoisotopic (exact) mass is 208 g/mol. The second-order valence-electron chi connectivity index (χ2n) is 2.46. The van der Waals surface area contributed by atoms with Gasteiger partial charge in [0.1, 0.15) is 0 Å². The van der Waals surface area contributed by atoms with E-state index >= 15 is 0 Å². The molecule has 1 aromatic rings. The first kappa shape index (κ1) is 10.8. The number of rotatable bonds is 3.